The maximum atomic E-state index is 12.5. The summed E-state index contributed by atoms with van der Waals surface area (Å²) in [5.74, 6) is 0.181. The van der Waals surface area contributed by atoms with E-state index in [1.807, 2.05) is 19.9 Å². The van der Waals surface area contributed by atoms with Gasteiger partial charge in [0.15, 0.2) is 6.61 Å². The third-order valence-electron chi connectivity index (χ3n) is 4.39. The Labute approximate surface area is 174 Å². The Bertz CT molecular complexity index is 984. The van der Waals surface area contributed by atoms with Crippen molar-refractivity contribution in [1.29, 1.82) is 0 Å². The molecular formula is C22H23N3O5. The van der Waals surface area contributed by atoms with Gasteiger partial charge in [-0.1, -0.05) is 37.2 Å². The Kier molecular flexibility index (Phi) is 6.79. The second-order valence-corrected chi connectivity index (χ2v) is 6.91. The van der Waals surface area contributed by atoms with Crippen molar-refractivity contribution in [3.8, 4) is 17.2 Å². The third-order valence-corrected chi connectivity index (χ3v) is 4.39. The highest BCUT2D eigenvalue weighted by Gasteiger charge is 2.26. The number of methoxy groups -OCH3 is 1. The van der Waals surface area contributed by atoms with Crippen LogP contribution in [0, 0.1) is 5.92 Å². The van der Waals surface area contributed by atoms with Crippen LogP contribution in [-0.4, -0.2) is 35.2 Å². The fourth-order valence-corrected chi connectivity index (χ4v) is 2.70. The largest absolute Gasteiger partial charge is 0.497 e. The molecule has 156 valence electrons. The van der Waals surface area contributed by atoms with Crippen molar-refractivity contribution in [3.05, 3.63) is 66.0 Å². The van der Waals surface area contributed by atoms with Crippen molar-refractivity contribution >= 4 is 11.9 Å². The summed E-state index contributed by atoms with van der Waals surface area (Å²) >= 11 is 0. The van der Waals surface area contributed by atoms with Gasteiger partial charge >= 0.3 is 5.97 Å². The Hall–Kier alpha value is -3.68. The van der Waals surface area contributed by atoms with Gasteiger partial charge in [-0.05, 0) is 42.3 Å². The molecule has 8 nitrogen and oxygen atoms in total. The molecule has 1 amide bonds. The van der Waals surface area contributed by atoms with Crippen LogP contribution in [0.5, 0.6) is 5.75 Å². The number of ether oxygens (including phenoxy) is 2. The lowest BCUT2D eigenvalue weighted by atomic mass is 10.0. The number of nitrogens with zero attached hydrogens (tertiary/aromatic N) is 2. The Morgan fingerprint density at radius 2 is 1.77 bits per heavy atom. The fraction of sp³-hybridized carbons (Fsp3) is 0.273. The summed E-state index contributed by atoms with van der Waals surface area (Å²) in [5, 5.41) is 6.56. The van der Waals surface area contributed by atoms with Crippen LogP contribution in [0.2, 0.25) is 0 Å². The second kappa shape index (κ2) is 9.69. The fourth-order valence-electron chi connectivity index (χ4n) is 2.70. The minimum Gasteiger partial charge on any atom is -0.497 e. The number of aromatic nitrogens is 2. The maximum absolute atomic E-state index is 12.5. The summed E-state index contributed by atoms with van der Waals surface area (Å²) in [4.78, 5) is 29.1. The van der Waals surface area contributed by atoms with E-state index >= 15 is 0 Å². The molecule has 1 heterocycles. The Morgan fingerprint density at radius 1 is 1.07 bits per heavy atom. The van der Waals surface area contributed by atoms with E-state index in [0.717, 1.165) is 5.56 Å². The van der Waals surface area contributed by atoms with Gasteiger partial charge < -0.3 is 19.3 Å². The van der Waals surface area contributed by atoms with Gasteiger partial charge in [0.2, 0.25) is 5.82 Å². The number of amides is 1. The molecule has 0 fully saturated rings. The first-order valence-electron chi connectivity index (χ1n) is 9.47. The zero-order valence-corrected chi connectivity index (χ0v) is 17.0. The smallest absolute Gasteiger partial charge is 0.329 e. The van der Waals surface area contributed by atoms with Crippen molar-refractivity contribution in [2.75, 3.05) is 7.11 Å². The molecule has 8 heteroatoms. The summed E-state index contributed by atoms with van der Waals surface area (Å²) in [5.41, 5.74) is 1.19. The van der Waals surface area contributed by atoms with Crippen LogP contribution in [-0.2, 0) is 16.1 Å². The molecule has 0 saturated heterocycles. The Balaban J connectivity index is 1.60. The lowest BCUT2D eigenvalue weighted by Gasteiger charge is -2.20. The highest BCUT2D eigenvalue weighted by molar-refractivity contribution is 5.96. The summed E-state index contributed by atoms with van der Waals surface area (Å²) < 4.78 is 15.7. The van der Waals surface area contributed by atoms with E-state index in [-0.39, 0.29) is 24.3 Å². The van der Waals surface area contributed by atoms with Gasteiger partial charge in [0.25, 0.3) is 11.8 Å². The molecule has 1 N–H and O–H groups in total. The van der Waals surface area contributed by atoms with Crippen LogP contribution < -0.4 is 10.1 Å². The third kappa shape index (κ3) is 5.22. The molecule has 0 aliphatic rings. The van der Waals surface area contributed by atoms with E-state index in [9.17, 15) is 9.59 Å². The van der Waals surface area contributed by atoms with E-state index in [0.29, 0.717) is 17.2 Å². The number of esters is 1. The van der Waals surface area contributed by atoms with Gasteiger partial charge in [-0.25, -0.2) is 4.79 Å². The van der Waals surface area contributed by atoms with Crippen molar-refractivity contribution < 1.29 is 23.6 Å². The molecule has 0 aliphatic heterocycles. The van der Waals surface area contributed by atoms with Gasteiger partial charge in [0.05, 0.1) is 7.11 Å². The van der Waals surface area contributed by atoms with E-state index in [1.165, 1.54) is 0 Å². The number of hydrogen-bond acceptors (Lipinski definition) is 7. The molecule has 30 heavy (non-hydrogen) atoms. The molecule has 1 atom stereocenters. The number of hydrogen-bond donors (Lipinski definition) is 1. The molecule has 0 spiro atoms. The number of benzene rings is 2. The highest BCUT2D eigenvalue weighted by atomic mass is 16.5. The van der Waals surface area contributed by atoms with Gasteiger partial charge in [-0.2, -0.15) is 4.98 Å². The molecule has 0 bridgehead atoms. The van der Waals surface area contributed by atoms with Crippen LogP contribution in [0.3, 0.4) is 0 Å². The molecule has 1 aromatic heterocycles. The molecule has 3 rings (SSSR count). The first-order valence-corrected chi connectivity index (χ1v) is 9.47. The van der Waals surface area contributed by atoms with Gasteiger partial charge in [0.1, 0.15) is 11.8 Å². The summed E-state index contributed by atoms with van der Waals surface area (Å²) in [6.45, 7) is 3.49. The van der Waals surface area contributed by atoms with Crippen molar-refractivity contribution in [2.24, 2.45) is 5.92 Å². The van der Waals surface area contributed by atoms with Crippen molar-refractivity contribution in [2.45, 2.75) is 26.5 Å². The van der Waals surface area contributed by atoms with Gasteiger partial charge in [-0.3, -0.25) is 4.79 Å². The van der Waals surface area contributed by atoms with Gasteiger partial charge in [0, 0.05) is 11.1 Å². The molecule has 0 saturated carbocycles. The van der Waals surface area contributed by atoms with Crippen LogP contribution in [0.15, 0.2) is 59.1 Å². The second-order valence-electron chi connectivity index (χ2n) is 6.91. The molecular weight excluding hydrogens is 386 g/mol. The minimum absolute atomic E-state index is 0.162. The van der Waals surface area contributed by atoms with Crippen LogP contribution >= 0.6 is 0 Å². The van der Waals surface area contributed by atoms with Crippen LogP contribution in [0.4, 0.5) is 0 Å². The topological polar surface area (TPSA) is 104 Å². The average Bonchev–Trinajstić information content (AvgIpc) is 3.25. The molecule has 3 aromatic rings. The van der Waals surface area contributed by atoms with E-state index in [4.69, 9.17) is 14.0 Å². The highest BCUT2D eigenvalue weighted by Crippen LogP contribution is 2.21. The number of nitrogens with one attached hydrogen (secondary N) is 1. The summed E-state index contributed by atoms with van der Waals surface area (Å²) in [7, 11) is 1.58. The molecule has 0 unspecified atom stereocenters. The lowest BCUT2D eigenvalue weighted by Crippen LogP contribution is -2.45. The number of rotatable bonds is 8. The standard InChI is InChI=1S/C22H23N3O5/c1-14(2)19(24-20(26)15-7-5-4-6-8-15)22(27)29-13-18-23-21(30-25-18)16-9-11-17(28-3)12-10-16/h4-12,14,19H,13H2,1-3H3,(H,24,26)/t19-/m0/s1. The van der Waals surface area contributed by atoms with Crippen molar-refractivity contribution in [3.63, 3.8) is 0 Å². The zero-order valence-electron chi connectivity index (χ0n) is 17.0. The summed E-state index contributed by atoms with van der Waals surface area (Å²) in [6.07, 6.45) is 0. The predicted molar refractivity (Wildman–Crippen MR) is 109 cm³/mol. The first kappa shape index (κ1) is 21.0. The van der Waals surface area contributed by atoms with E-state index in [1.54, 1.807) is 55.6 Å². The lowest BCUT2D eigenvalue weighted by molar-refractivity contribution is -0.148. The SMILES string of the molecule is COc1ccc(-c2nc(COC(=O)[C@@H](NC(=O)c3ccccc3)C(C)C)no2)cc1. The minimum atomic E-state index is -0.800. The normalized spacial score (nSPS) is 11.7. The Morgan fingerprint density at radius 3 is 2.40 bits per heavy atom. The van der Waals surface area contributed by atoms with Crippen molar-refractivity contribution in [1.82, 2.24) is 15.5 Å². The quantitative estimate of drug-likeness (QED) is 0.570. The number of carbonyl (C=O) groups excluding carboxylic acids is 2. The number of carbonyl (C=O) groups is 2. The monoisotopic (exact) mass is 409 g/mol. The van der Waals surface area contributed by atoms with Crippen LogP contribution in [0.1, 0.15) is 30.0 Å². The predicted octanol–water partition coefficient (Wildman–Crippen LogP) is 3.24. The average molecular weight is 409 g/mol. The first-order chi connectivity index (χ1) is 14.5. The zero-order chi connectivity index (χ0) is 21.5. The van der Waals surface area contributed by atoms with E-state index < -0.39 is 12.0 Å². The molecule has 0 radical (unpaired) electrons. The van der Waals surface area contributed by atoms with Crippen LogP contribution in [0.25, 0.3) is 11.5 Å². The molecule has 0 aliphatic carbocycles. The molecule has 2 aromatic carbocycles. The van der Waals surface area contributed by atoms with E-state index in [2.05, 4.69) is 15.5 Å². The van der Waals surface area contributed by atoms with Gasteiger partial charge in [-0.15, -0.1) is 0 Å². The summed E-state index contributed by atoms with van der Waals surface area (Å²) in [6, 6.07) is 15.0. The maximum Gasteiger partial charge on any atom is 0.329 e.